The van der Waals surface area contributed by atoms with E-state index in [1.165, 1.54) is 12.1 Å². The van der Waals surface area contributed by atoms with Crippen LogP contribution in [0.1, 0.15) is 12.0 Å². The van der Waals surface area contributed by atoms with Gasteiger partial charge >= 0.3 is 0 Å². The van der Waals surface area contributed by atoms with E-state index in [0.29, 0.717) is 12.2 Å². The third kappa shape index (κ3) is 4.13. The molecule has 1 fully saturated rings. The van der Waals surface area contributed by atoms with Gasteiger partial charge in [0.05, 0.1) is 16.4 Å². The summed E-state index contributed by atoms with van der Waals surface area (Å²) in [6.07, 6.45) is 0.544. The lowest BCUT2D eigenvalue weighted by Gasteiger charge is -2.23. The van der Waals surface area contributed by atoms with Crippen molar-refractivity contribution in [3.8, 4) is 0 Å². The Hall–Kier alpha value is -2.20. The van der Waals surface area contributed by atoms with Crippen LogP contribution in [-0.2, 0) is 19.9 Å². The monoisotopic (exact) mass is 396 g/mol. The molecule has 2 aromatic rings. The largest absolute Gasteiger partial charge is 0.354 e. The van der Waals surface area contributed by atoms with Crippen LogP contribution in [0, 0.1) is 6.92 Å². The lowest BCUT2D eigenvalue weighted by molar-refractivity contribution is 0.598. The van der Waals surface area contributed by atoms with Crippen LogP contribution in [0.2, 0.25) is 0 Å². The second-order valence-electron chi connectivity index (χ2n) is 6.37. The zero-order valence-electron chi connectivity index (χ0n) is 14.5. The molecule has 1 atom stereocenters. The average molecular weight is 396 g/mol. The van der Waals surface area contributed by atoms with Crippen LogP contribution >= 0.6 is 0 Å². The lowest BCUT2D eigenvalue weighted by Crippen LogP contribution is -2.33. The summed E-state index contributed by atoms with van der Waals surface area (Å²) in [7, 11) is -4.99. The van der Waals surface area contributed by atoms with E-state index in [2.05, 4.69) is 14.9 Å². The highest BCUT2D eigenvalue weighted by Gasteiger charge is 2.31. The summed E-state index contributed by atoms with van der Waals surface area (Å²) in [5.41, 5.74) is 0.836. The van der Waals surface area contributed by atoms with Crippen LogP contribution in [0.15, 0.2) is 41.3 Å². The first-order valence-corrected chi connectivity index (χ1v) is 11.3. The minimum atomic E-state index is -3.75. The molecular weight excluding hydrogens is 376 g/mol. The van der Waals surface area contributed by atoms with Crippen LogP contribution in [0.5, 0.6) is 0 Å². The summed E-state index contributed by atoms with van der Waals surface area (Å²) in [6, 6.07) is 9.53. The summed E-state index contributed by atoms with van der Waals surface area (Å²) >= 11 is 0. The molecule has 0 amide bonds. The summed E-state index contributed by atoms with van der Waals surface area (Å²) in [6.45, 7) is 1.81. The number of aromatic nitrogens is 2. The number of aryl methyl sites for hydroxylation is 1. The van der Waals surface area contributed by atoms with E-state index in [4.69, 9.17) is 0 Å². The fourth-order valence-electron chi connectivity index (χ4n) is 2.81. The van der Waals surface area contributed by atoms with Crippen LogP contribution in [0.4, 0.5) is 11.6 Å². The van der Waals surface area contributed by atoms with Gasteiger partial charge in [0.15, 0.2) is 21.5 Å². The molecular formula is C16H20N4O4S2. The van der Waals surface area contributed by atoms with E-state index >= 15 is 0 Å². The maximum atomic E-state index is 12.4. The highest BCUT2D eigenvalue weighted by Crippen LogP contribution is 2.22. The quantitative estimate of drug-likeness (QED) is 0.809. The maximum Gasteiger partial charge on any atom is 0.263 e. The molecule has 10 heteroatoms. The zero-order chi connectivity index (χ0) is 18.9. The van der Waals surface area contributed by atoms with Gasteiger partial charge in [-0.05, 0) is 43.2 Å². The van der Waals surface area contributed by atoms with Crippen LogP contribution in [0.3, 0.4) is 0 Å². The average Bonchev–Trinajstić information content (AvgIpc) is 2.94. The Morgan fingerprint density at radius 1 is 1.19 bits per heavy atom. The third-order valence-electron chi connectivity index (χ3n) is 4.31. The molecule has 1 aromatic carbocycles. The smallest absolute Gasteiger partial charge is 0.263 e. The number of hydrogen-bond acceptors (Lipinski definition) is 7. The molecule has 140 valence electrons. The van der Waals surface area contributed by atoms with Crippen LogP contribution in [-0.4, -0.2) is 51.6 Å². The molecule has 1 N–H and O–H groups in total. The van der Waals surface area contributed by atoms with E-state index < -0.39 is 19.9 Å². The van der Waals surface area contributed by atoms with E-state index in [0.717, 1.165) is 5.56 Å². The summed E-state index contributed by atoms with van der Waals surface area (Å²) < 4.78 is 50.4. The number of sulfone groups is 1. The van der Waals surface area contributed by atoms with Gasteiger partial charge in [0.2, 0.25) is 0 Å². The highest BCUT2D eigenvalue weighted by atomic mass is 32.2. The molecule has 8 nitrogen and oxygen atoms in total. The van der Waals surface area contributed by atoms with Gasteiger partial charge in [0.1, 0.15) is 0 Å². The van der Waals surface area contributed by atoms with Crippen molar-refractivity contribution in [1.29, 1.82) is 0 Å². The van der Waals surface area contributed by atoms with Gasteiger partial charge in [0.25, 0.3) is 10.0 Å². The molecule has 2 heterocycles. The SMILES string of the molecule is Cc1cccc(S(=O)(=O)Nc2ccc(N(C)C3CCS(=O)(=O)C3)nn2)c1. The molecule has 1 saturated heterocycles. The van der Waals surface area contributed by atoms with Gasteiger partial charge in [-0.2, -0.15) is 0 Å². The first kappa shape index (κ1) is 18.6. The molecule has 0 radical (unpaired) electrons. The molecule has 1 aromatic heterocycles. The van der Waals surface area contributed by atoms with Crippen LogP contribution in [0.25, 0.3) is 0 Å². The summed E-state index contributed by atoms with van der Waals surface area (Å²) in [5, 5.41) is 7.93. The lowest BCUT2D eigenvalue weighted by atomic mass is 10.2. The van der Waals surface area contributed by atoms with Gasteiger partial charge < -0.3 is 4.90 Å². The molecule has 1 aliphatic rings. The molecule has 1 unspecified atom stereocenters. The Morgan fingerprint density at radius 2 is 1.96 bits per heavy atom. The van der Waals surface area contributed by atoms with Crippen molar-refractivity contribution >= 4 is 31.5 Å². The number of sulfonamides is 1. The van der Waals surface area contributed by atoms with E-state index in [1.807, 2.05) is 13.0 Å². The minimum absolute atomic E-state index is 0.0902. The van der Waals surface area contributed by atoms with Crippen molar-refractivity contribution in [2.75, 3.05) is 28.2 Å². The number of anilines is 2. The Balaban J connectivity index is 1.74. The number of benzene rings is 1. The third-order valence-corrected chi connectivity index (χ3v) is 7.41. The number of hydrogen-bond donors (Lipinski definition) is 1. The van der Waals surface area contributed by atoms with Crippen molar-refractivity contribution in [3.63, 3.8) is 0 Å². The zero-order valence-corrected chi connectivity index (χ0v) is 16.1. The molecule has 1 aliphatic heterocycles. The highest BCUT2D eigenvalue weighted by molar-refractivity contribution is 7.92. The fourth-order valence-corrected chi connectivity index (χ4v) is 5.69. The second kappa shape index (κ2) is 6.84. The second-order valence-corrected chi connectivity index (χ2v) is 10.3. The van der Waals surface area contributed by atoms with Crippen molar-refractivity contribution in [2.24, 2.45) is 0 Å². The van der Waals surface area contributed by atoms with E-state index in [9.17, 15) is 16.8 Å². The summed E-state index contributed by atoms with van der Waals surface area (Å²) in [5.74, 6) is 0.852. The predicted octanol–water partition coefficient (Wildman–Crippen LogP) is 1.21. The maximum absolute atomic E-state index is 12.4. The van der Waals surface area contributed by atoms with E-state index in [1.54, 1.807) is 30.1 Å². The minimum Gasteiger partial charge on any atom is -0.354 e. The molecule has 0 aliphatic carbocycles. The standard InChI is InChI=1S/C16H20N4O4S2/c1-12-4-3-5-14(10-12)26(23,24)19-15-6-7-16(18-17-15)20(2)13-8-9-25(21,22)11-13/h3-7,10,13H,8-9,11H2,1-2H3,(H,17,19). The Kier molecular flexibility index (Phi) is 4.89. The number of nitrogens with zero attached hydrogens (tertiary/aromatic N) is 3. The molecule has 26 heavy (non-hydrogen) atoms. The van der Waals surface area contributed by atoms with Crippen molar-refractivity contribution in [1.82, 2.24) is 10.2 Å². The fraction of sp³-hybridized carbons (Fsp3) is 0.375. The molecule has 0 bridgehead atoms. The number of nitrogens with one attached hydrogen (secondary N) is 1. The molecule has 0 saturated carbocycles. The van der Waals surface area contributed by atoms with Crippen molar-refractivity contribution < 1.29 is 16.8 Å². The topological polar surface area (TPSA) is 109 Å². The Bertz CT molecular complexity index is 1000. The Labute approximate surface area is 153 Å². The molecule has 3 rings (SSSR count). The normalized spacial score (nSPS) is 19.2. The van der Waals surface area contributed by atoms with Crippen molar-refractivity contribution in [3.05, 3.63) is 42.0 Å². The number of rotatable bonds is 5. The van der Waals surface area contributed by atoms with Crippen molar-refractivity contribution in [2.45, 2.75) is 24.3 Å². The van der Waals surface area contributed by atoms with Gasteiger partial charge in [-0.25, -0.2) is 16.8 Å². The predicted molar refractivity (Wildman–Crippen MR) is 99.5 cm³/mol. The van der Waals surface area contributed by atoms with Gasteiger partial charge in [0, 0.05) is 13.1 Å². The van der Waals surface area contributed by atoms with Gasteiger partial charge in [-0.3, -0.25) is 4.72 Å². The Morgan fingerprint density at radius 3 is 2.54 bits per heavy atom. The van der Waals surface area contributed by atoms with Gasteiger partial charge in [-0.15, -0.1) is 10.2 Å². The van der Waals surface area contributed by atoms with Gasteiger partial charge in [-0.1, -0.05) is 12.1 Å². The first-order valence-electron chi connectivity index (χ1n) is 8.03. The van der Waals surface area contributed by atoms with E-state index in [-0.39, 0.29) is 28.3 Å². The summed E-state index contributed by atoms with van der Waals surface area (Å²) in [4.78, 5) is 1.91. The molecule has 0 spiro atoms. The van der Waals surface area contributed by atoms with Crippen LogP contribution < -0.4 is 9.62 Å². The first-order chi connectivity index (χ1) is 12.2.